The maximum atomic E-state index is 11.8. The minimum absolute atomic E-state index is 0.226. The maximum absolute atomic E-state index is 11.8. The molecular formula is C16H26N3O3+. The number of amides is 3. The molecule has 1 unspecified atom stereocenters. The Morgan fingerprint density at radius 3 is 2.27 bits per heavy atom. The Hall–Kier alpha value is -2.08. The average molecular weight is 308 g/mol. The number of methoxy groups -OCH3 is 1. The Morgan fingerprint density at radius 1 is 1.18 bits per heavy atom. The molecule has 6 heteroatoms. The van der Waals surface area contributed by atoms with Crippen LogP contribution in [0.4, 0.5) is 4.79 Å². The Morgan fingerprint density at radius 2 is 1.77 bits per heavy atom. The largest absolute Gasteiger partial charge is 0.497 e. The summed E-state index contributed by atoms with van der Waals surface area (Å²) in [5, 5.41) is 5.03. The molecule has 6 nitrogen and oxygen atoms in total. The first-order chi connectivity index (χ1) is 10.2. The molecule has 0 radical (unpaired) electrons. The van der Waals surface area contributed by atoms with Crippen molar-refractivity contribution >= 4 is 11.9 Å². The highest BCUT2D eigenvalue weighted by atomic mass is 16.5. The van der Waals surface area contributed by atoms with Gasteiger partial charge in [0, 0.05) is 11.1 Å². The molecule has 1 rings (SSSR count). The van der Waals surface area contributed by atoms with Crippen molar-refractivity contribution in [2.75, 3.05) is 20.7 Å². The number of urea groups is 1. The van der Waals surface area contributed by atoms with Crippen LogP contribution in [-0.2, 0) is 11.3 Å². The molecular weight excluding hydrogens is 282 g/mol. The van der Waals surface area contributed by atoms with Gasteiger partial charge in [-0.15, -0.1) is 0 Å². The van der Waals surface area contributed by atoms with Gasteiger partial charge >= 0.3 is 6.03 Å². The van der Waals surface area contributed by atoms with Crippen molar-refractivity contribution in [2.24, 2.45) is 0 Å². The van der Waals surface area contributed by atoms with Crippen LogP contribution >= 0.6 is 0 Å². The van der Waals surface area contributed by atoms with Crippen molar-refractivity contribution in [3.63, 3.8) is 0 Å². The number of carbonyl (C=O) groups is 2. The second-order valence-electron chi connectivity index (χ2n) is 6.41. The Bertz CT molecular complexity index is 506. The van der Waals surface area contributed by atoms with Crippen LogP contribution in [-0.4, -0.2) is 38.2 Å². The van der Waals surface area contributed by atoms with Crippen LogP contribution < -0.4 is 20.3 Å². The van der Waals surface area contributed by atoms with E-state index in [2.05, 4.69) is 10.6 Å². The highest BCUT2D eigenvalue weighted by Gasteiger charge is 2.17. The molecule has 1 aromatic rings. The second-order valence-corrected chi connectivity index (χ2v) is 6.41. The molecule has 22 heavy (non-hydrogen) atoms. The van der Waals surface area contributed by atoms with Crippen molar-refractivity contribution in [3.8, 4) is 5.75 Å². The number of ether oxygens (including phenoxy) is 1. The lowest BCUT2D eigenvalue weighted by Crippen LogP contribution is -3.09. The summed E-state index contributed by atoms with van der Waals surface area (Å²) in [6.07, 6.45) is 0. The van der Waals surface area contributed by atoms with Crippen LogP contribution in [0, 0.1) is 0 Å². The van der Waals surface area contributed by atoms with Gasteiger partial charge in [0.1, 0.15) is 12.3 Å². The minimum Gasteiger partial charge on any atom is -0.497 e. The number of quaternary nitrogens is 1. The highest BCUT2D eigenvalue weighted by Crippen LogP contribution is 2.10. The van der Waals surface area contributed by atoms with Gasteiger partial charge in [0.2, 0.25) is 0 Å². The van der Waals surface area contributed by atoms with E-state index in [-0.39, 0.29) is 18.0 Å². The third-order valence-electron chi connectivity index (χ3n) is 2.87. The number of imide groups is 1. The SMILES string of the molecule is COc1ccc(C[NH+](C)CC(=O)NC(=O)NC(C)(C)C)cc1. The molecule has 122 valence electrons. The molecule has 3 amide bonds. The Labute approximate surface area is 131 Å². The number of hydrogen-bond acceptors (Lipinski definition) is 3. The minimum atomic E-state index is -0.463. The summed E-state index contributed by atoms with van der Waals surface area (Å²) >= 11 is 0. The molecule has 0 saturated carbocycles. The van der Waals surface area contributed by atoms with E-state index in [1.54, 1.807) is 7.11 Å². The zero-order valence-corrected chi connectivity index (χ0v) is 13.9. The molecule has 1 aromatic carbocycles. The van der Waals surface area contributed by atoms with Gasteiger partial charge in [-0.25, -0.2) is 4.79 Å². The van der Waals surface area contributed by atoms with Gasteiger partial charge in [0.05, 0.1) is 14.2 Å². The average Bonchev–Trinajstić information content (AvgIpc) is 2.36. The lowest BCUT2D eigenvalue weighted by Gasteiger charge is -2.20. The van der Waals surface area contributed by atoms with E-state index in [0.29, 0.717) is 6.54 Å². The fourth-order valence-electron chi connectivity index (χ4n) is 1.97. The topological polar surface area (TPSA) is 71.9 Å². The molecule has 0 spiro atoms. The molecule has 0 aromatic heterocycles. The normalized spacial score (nSPS) is 12.4. The lowest BCUT2D eigenvalue weighted by atomic mass is 10.1. The van der Waals surface area contributed by atoms with Gasteiger partial charge in [-0.05, 0) is 45.0 Å². The van der Waals surface area contributed by atoms with Crippen molar-refractivity contribution in [1.29, 1.82) is 0 Å². The quantitative estimate of drug-likeness (QED) is 0.734. The van der Waals surface area contributed by atoms with Gasteiger partial charge in [0.15, 0.2) is 6.54 Å². The number of nitrogens with one attached hydrogen (secondary N) is 3. The van der Waals surface area contributed by atoms with E-state index in [1.165, 1.54) is 0 Å². The maximum Gasteiger partial charge on any atom is 0.322 e. The smallest absolute Gasteiger partial charge is 0.322 e. The van der Waals surface area contributed by atoms with Crippen LogP contribution in [0.25, 0.3) is 0 Å². The molecule has 0 aliphatic carbocycles. The first-order valence-electron chi connectivity index (χ1n) is 7.26. The zero-order chi connectivity index (χ0) is 16.8. The summed E-state index contributed by atoms with van der Waals surface area (Å²) in [4.78, 5) is 24.4. The van der Waals surface area contributed by atoms with Crippen molar-refractivity contribution in [2.45, 2.75) is 32.9 Å². The van der Waals surface area contributed by atoms with Gasteiger partial charge in [-0.2, -0.15) is 0 Å². The third kappa shape index (κ3) is 7.08. The van der Waals surface area contributed by atoms with Crippen molar-refractivity contribution in [1.82, 2.24) is 10.6 Å². The van der Waals surface area contributed by atoms with Gasteiger partial charge in [0.25, 0.3) is 5.91 Å². The van der Waals surface area contributed by atoms with E-state index >= 15 is 0 Å². The van der Waals surface area contributed by atoms with Crippen LogP contribution in [0.2, 0.25) is 0 Å². The Kier molecular flexibility index (Phi) is 6.37. The molecule has 0 fully saturated rings. The van der Waals surface area contributed by atoms with Crippen LogP contribution in [0.5, 0.6) is 5.75 Å². The first-order valence-corrected chi connectivity index (χ1v) is 7.26. The van der Waals surface area contributed by atoms with Gasteiger partial charge < -0.3 is 15.0 Å². The summed E-state index contributed by atoms with van der Waals surface area (Å²) in [5.41, 5.74) is 0.733. The molecule has 0 aliphatic heterocycles. The number of rotatable bonds is 5. The summed E-state index contributed by atoms with van der Waals surface area (Å²) in [6.45, 7) is 6.50. The predicted octanol–water partition coefficient (Wildman–Crippen LogP) is 0.334. The second kappa shape index (κ2) is 7.79. The first kappa shape index (κ1) is 18.0. The zero-order valence-electron chi connectivity index (χ0n) is 13.9. The Balaban J connectivity index is 2.41. The van der Waals surface area contributed by atoms with Gasteiger partial charge in [-0.1, -0.05) is 0 Å². The predicted molar refractivity (Wildman–Crippen MR) is 84.9 cm³/mol. The molecule has 0 bridgehead atoms. The molecule has 3 N–H and O–H groups in total. The fraction of sp³-hybridized carbons (Fsp3) is 0.500. The monoisotopic (exact) mass is 308 g/mol. The van der Waals surface area contributed by atoms with E-state index in [0.717, 1.165) is 16.2 Å². The van der Waals surface area contributed by atoms with E-state index in [9.17, 15) is 9.59 Å². The summed E-state index contributed by atoms with van der Waals surface area (Å²) in [7, 11) is 3.53. The number of hydrogen-bond donors (Lipinski definition) is 3. The summed E-state index contributed by atoms with van der Waals surface area (Å²) in [6, 6.07) is 7.24. The van der Waals surface area contributed by atoms with E-state index < -0.39 is 6.03 Å². The molecule has 0 heterocycles. The molecule has 0 saturated heterocycles. The third-order valence-corrected chi connectivity index (χ3v) is 2.87. The van der Waals surface area contributed by atoms with Crippen molar-refractivity contribution in [3.05, 3.63) is 29.8 Å². The van der Waals surface area contributed by atoms with Crippen molar-refractivity contribution < 1.29 is 19.2 Å². The number of carbonyl (C=O) groups excluding carboxylic acids is 2. The summed E-state index contributed by atoms with van der Waals surface area (Å²) < 4.78 is 5.11. The summed E-state index contributed by atoms with van der Waals surface area (Å²) in [5.74, 6) is 0.505. The number of likely N-dealkylation sites (N-methyl/N-ethyl adjacent to an activating group) is 1. The standard InChI is InChI=1S/C16H25N3O3/c1-16(2,3)18-15(21)17-14(20)11-19(4)10-12-6-8-13(22-5)9-7-12/h6-9H,10-11H2,1-5H3,(H2,17,18,20,21)/p+1. The molecule has 0 aliphatic rings. The van der Waals surface area contributed by atoms with E-state index in [1.807, 2.05) is 52.1 Å². The van der Waals surface area contributed by atoms with Crippen LogP contribution in [0.3, 0.4) is 0 Å². The van der Waals surface area contributed by atoms with Crippen LogP contribution in [0.15, 0.2) is 24.3 Å². The highest BCUT2D eigenvalue weighted by molar-refractivity contribution is 5.94. The van der Waals surface area contributed by atoms with E-state index in [4.69, 9.17) is 4.74 Å². The number of benzene rings is 1. The van der Waals surface area contributed by atoms with Gasteiger partial charge in [-0.3, -0.25) is 10.1 Å². The lowest BCUT2D eigenvalue weighted by molar-refractivity contribution is -0.885. The fourth-order valence-corrected chi connectivity index (χ4v) is 1.97. The van der Waals surface area contributed by atoms with Crippen LogP contribution in [0.1, 0.15) is 26.3 Å². The molecule has 1 atom stereocenters.